The molecular formula is C33H46O14. The van der Waals surface area contributed by atoms with E-state index in [1.165, 1.54) is 27.7 Å². The molecule has 0 aromatic heterocycles. The van der Waals surface area contributed by atoms with Gasteiger partial charge in [-0.1, -0.05) is 13.8 Å². The molecule has 0 unspecified atom stereocenters. The fourth-order valence-electron chi connectivity index (χ4n) is 8.78. The molecule has 5 aliphatic rings. The molecule has 0 radical (unpaired) electrons. The molecule has 1 spiro atoms. The van der Waals surface area contributed by atoms with E-state index in [1.54, 1.807) is 6.26 Å². The molecule has 13 atom stereocenters. The third-order valence-corrected chi connectivity index (χ3v) is 11.4. The number of carbonyl (C=O) groups excluding carboxylic acids is 5. The predicted molar refractivity (Wildman–Crippen MR) is 158 cm³/mol. The van der Waals surface area contributed by atoms with Crippen molar-refractivity contribution in [2.75, 3.05) is 13.2 Å². The monoisotopic (exact) mass is 666 g/mol. The second-order valence-electron chi connectivity index (χ2n) is 14.1. The molecule has 262 valence electrons. The van der Waals surface area contributed by atoms with Gasteiger partial charge < -0.3 is 43.0 Å². The van der Waals surface area contributed by atoms with E-state index in [0.717, 1.165) is 13.8 Å². The van der Waals surface area contributed by atoms with Gasteiger partial charge in [0.15, 0.2) is 6.10 Å². The van der Waals surface area contributed by atoms with Crippen LogP contribution in [0, 0.1) is 28.6 Å². The number of esters is 5. The van der Waals surface area contributed by atoms with E-state index >= 15 is 0 Å². The van der Waals surface area contributed by atoms with E-state index in [0.29, 0.717) is 12.8 Å². The van der Waals surface area contributed by atoms with Gasteiger partial charge in [0, 0.05) is 39.0 Å². The highest BCUT2D eigenvalue weighted by Gasteiger charge is 2.82. The summed E-state index contributed by atoms with van der Waals surface area (Å²) in [6.45, 7) is 11.2. The number of aliphatic hydroxyl groups is 1. The first-order chi connectivity index (χ1) is 21.9. The van der Waals surface area contributed by atoms with Gasteiger partial charge in [-0.2, -0.15) is 0 Å². The van der Waals surface area contributed by atoms with Crippen LogP contribution in [0.15, 0.2) is 12.3 Å². The molecule has 5 rings (SSSR count). The Morgan fingerprint density at radius 3 is 2.23 bits per heavy atom. The third kappa shape index (κ3) is 5.69. The minimum Gasteiger partial charge on any atom is -0.472 e. The third-order valence-electron chi connectivity index (χ3n) is 11.4. The number of hydrogen-bond donors (Lipinski definition) is 1. The smallest absolute Gasteiger partial charge is 0.354 e. The average molecular weight is 667 g/mol. The highest BCUT2D eigenvalue weighted by atomic mass is 16.7. The van der Waals surface area contributed by atoms with Gasteiger partial charge in [0.2, 0.25) is 11.9 Å². The molecule has 0 aromatic rings. The molecule has 0 amide bonds. The molecule has 4 fully saturated rings. The van der Waals surface area contributed by atoms with Crippen LogP contribution < -0.4 is 0 Å². The normalized spacial score (nSPS) is 41.7. The minimum absolute atomic E-state index is 0.0264. The molecule has 14 heteroatoms. The zero-order valence-electron chi connectivity index (χ0n) is 28.1. The van der Waals surface area contributed by atoms with Gasteiger partial charge in [0.05, 0.1) is 30.5 Å². The van der Waals surface area contributed by atoms with Gasteiger partial charge in [-0.05, 0) is 51.0 Å². The van der Waals surface area contributed by atoms with Crippen molar-refractivity contribution in [3.8, 4) is 0 Å². The Hall–Kier alpha value is -3.23. The van der Waals surface area contributed by atoms with E-state index in [1.807, 2.05) is 13.0 Å². The number of carbonyl (C=O) groups is 5. The van der Waals surface area contributed by atoms with Crippen molar-refractivity contribution in [1.82, 2.24) is 0 Å². The first-order valence-electron chi connectivity index (χ1n) is 16.1. The molecule has 2 aliphatic carbocycles. The largest absolute Gasteiger partial charge is 0.472 e. The summed E-state index contributed by atoms with van der Waals surface area (Å²) in [5, 5.41) is 11.9. The standard InChI is InChI=1S/C33H46O14/c1-16-11-26(44-20(5)36)32(14-41-18(3)34)24(30(16,7)25-12-22-9-10-40-28(22)45-25)13-23(38)27(33(32)15-42-33)46-29(39)31(8,47-21(6)37)17(2)43-19(4)35/h9-10,16-17,22-28,38H,11-15H2,1-8H3/t16-,17-,22-,23-,24-,25+,26+,27+,28+,30+,31-,32+,33-/m1/s1. The van der Waals surface area contributed by atoms with Gasteiger partial charge in [-0.3, -0.25) is 19.2 Å². The Bertz CT molecular complexity index is 1320. The first kappa shape index (κ1) is 35.1. The van der Waals surface area contributed by atoms with Crippen LogP contribution in [0.1, 0.15) is 74.7 Å². The van der Waals surface area contributed by atoms with E-state index in [-0.39, 0.29) is 37.6 Å². The molecule has 47 heavy (non-hydrogen) atoms. The van der Waals surface area contributed by atoms with Crippen LogP contribution in [0.25, 0.3) is 0 Å². The highest BCUT2D eigenvalue weighted by molar-refractivity contribution is 5.84. The highest BCUT2D eigenvalue weighted by Crippen LogP contribution is 2.70. The maximum absolute atomic E-state index is 14.0. The molecule has 2 saturated carbocycles. The quantitative estimate of drug-likeness (QED) is 0.215. The molecule has 3 heterocycles. The number of rotatable bonds is 9. The van der Waals surface area contributed by atoms with Crippen molar-refractivity contribution >= 4 is 29.8 Å². The maximum Gasteiger partial charge on any atom is 0.354 e. The second-order valence-corrected chi connectivity index (χ2v) is 14.1. The minimum atomic E-state index is -2.10. The van der Waals surface area contributed by atoms with Crippen molar-refractivity contribution in [2.24, 2.45) is 28.6 Å². The van der Waals surface area contributed by atoms with E-state index in [4.69, 9.17) is 37.9 Å². The average Bonchev–Trinajstić information content (AvgIpc) is 3.44. The van der Waals surface area contributed by atoms with Crippen LogP contribution in [0.5, 0.6) is 0 Å². The Balaban J connectivity index is 1.60. The van der Waals surface area contributed by atoms with Crippen molar-refractivity contribution < 1.29 is 67.0 Å². The SMILES string of the molecule is CC(=O)OC[C@@]12[C@@H](OC(C)=O)C[C@@H](C)[C@](C)([C@@H]3C[C@H]4C=CO[C@H]4O3)[C@H]1C[C@@H](O)[C@H](OC(=O)[C@](C)(OC(C)=O)[C@@H](C)OC(C)=O)[C@]21CO1. The molecule has 1 N–H and O–H groups in total. The van der Waals surface area contributed by atoms with E-state index in [9.17, 15) is 29.1 Å². The van der Waals surface area contributed by atoms with Gasteiger partial charge in [-0.25, -0.2) is 4.79 Å². The van der Waals surface area contributed by atoms with Crippen LogP contribution >= 0.6 is 0 Å². The number of ether oxygens (including phenoxy) is 8. The summed E-state index contributed by atoms with van der Waals surface area (Å²) >= 11 is 0. The summed E-state index contributed by atoms with van der Waals surface area (Å²) in [4.78, 5) is 62.9. The van der Waals surface area contributed by atoms with Gasteiger partial charge >= 0.3 is 29.8 Å². The first-order valence-corrected chi connectivity index (χ1v) is 16.1. The summed E-state index contributed by atoms with van der Waals surface area (Å²) in [6.07, 6.45) is -1.06. The van der Waals surface area contributed by atoms with Crippen molar-refractivity contribution in [2.45, 2.75) is 123 Å². The number of hydrogen-bond acceptors (Lipinski definition) is 14. The summed E-state index contributed by atoms with van der Waals surface area (Å²) in [5.41, 5.74) is -5.59. The van der Waals surface area contributed by atoms with Gasteiger partial charge in [0.1, 0.15) is 24.4 Å². The Morgan fingerprint density at radius 2 is 1.68 bits per heavy atom. The number of epoxide rings is 1. The molecule has 2 saturated heterocycles. The predicted octanol–water partition coefficient (Wildman–Crippen LogP) is 2.12. The maximum atomic E-state index is 14.0. The Kier molecular flexibility index (Phi) is 9.21. The summed E-state index contributed by atoms with van der Waals surface area (Å²) in [6, 6.07) is 0. The lowest BCUT2D eigenvalue weighted by atomic mass is 9.41. The lowest BCUT2D eigenvalue weighted by Crippen LogP contribution is -2.75. The summed E-state index contributed by atoms with van der Waals surface area (Å²) < 4.78 is 46.8. The second kappa shape index (κ2) is 12.3. The van der Waals surface area contributed by atoms with Crippen LogP contribution in [0.4, 0.5) is 0 Å². The van der Waals surface area contributed by atoms with Crippen molar-refractivity contribution in [3.63, 3.8) is 0 Å². The number of fused-ring (bicyclic) bond motifs is 3. The summed E-state index contributed by atoms with van der Waals surface area (Å²) in [5.74, 6) is -4.41. The van der Waals surface area contributed by atoms with Crippen LogP contribution in [-0.2, 0) is 61.9 Å². The topological polar surface area (TPSA) is 183 Å². The van der Waals surface area contributed by atoms with E-state index < -0.39 is 88.5 Å². The van der Waals surface area contributed by atoms with Gasteiger partial charge in [-0.15, -0.1) is 0 Å². The molecular weight excluding hydrogens is 620 g/mol. The fraction of sp³-hybridized carbons (Fsp3) is 0.788. The van der Waals surface area contributed by atoms with Crippen molar-refractivity contribution in [1.29, 1.82) is 0 Å². The summed E-state index contributed by atoms with van der Waals surface area (Å²) in [7, 11) is 0. The van der Waals surface area contributed by atoms with Crippen LogP contribution in [-0.4, -0.2) is 96.2 Å². The van der Waals surface area contributed by atoms with Gasteiger partial charge in [0.25, 0.3) is 0 Å². The van der Waals surface area contributed by atoms with Crippen LogP contribution in [0.2, 0.25) is 0 Å². The zero-order chi connectivity index (χ0) is 34.7. The molecule has 0 bridgehead atoms. The zero-order valence-corrected chi connectivity index (χ0v) is 28.1. The Labute approximate surface area is 273 Å². The lowest BCUT2D eigenvalue weighted by molar-refractivity contribution is -0.286. The lowest BCUT2D eigenvalue weighted by Gasteiger charge is -2.65. The van der Waals surface area contributed by atoms with E-state index in [2.05, 4.69) is 6.92 Å². The Morgan fingerprint density at radius 1 is 1.00 bits per heavy atom. The molecule has 0 aromatic carbocycles. The molecule has 3 aliphatic heterocycles. The number of aliphatic hydroxyl groups excluding tert-OH is 1. The van der Waals surface area contributed by atoms with Crippen LogP contribution in [0.3, 0.4) is 0 Å². The molecule has 14 nitrogen and oxygen atoms in total. The fourth-order valence-corrected chi connectivity index (χ4v) is 8.78. The van der Waals surface area contributed by atoms with Crippen molar-refractivity contribution in [3.05, 3.63) is 12.3 Å².